The second-order valence-electron chi connectivity index (χ2n) is 7.64. The topological polar surface area (TPSA) is 91.1 Å². The van der Waals surface area contributed by atoms with Gasteiger partial charge in [0.05, 0.1) is 30.4 Å². The summed E-state index contributed by atoms with van der Waals surface area (Å²) in [7, 11) is -0.928. The number of halogens is 1. The Bertz CT molecular complexity index is 1210. The third kappa shape index (κ3) is 5.69. The Labute approximate surface area is 209 Å². The fourth-order valence-corrected chi connectivity index (χ4v) is 5.36. The molecule has 0 aliphatic heterocycles. The van der Waals surface area contributed by atoms with Gasteiger partial charge in [-0.25, -0.2) is 12.7 Å². The third-order valence-electron chi connectivity index (χ3n) is 5.37. The molecule has 8 nitrogen and oxygen atoms in total. The van der Waals surface area contributed by atoms with E-state index in [9.17, 15) is 8.42 Å². The van der Waals surface area contributed by atoms with Gasteiger partial charge >= 0.3 is 0 Å². The van der Waals surface area contributed by atoms with E-state index in [1.807, 2.05) is 24.3 Å². The molecule has 0 saturated carbocycles. The van der Waals surface area contributed by atoms with Crippen LogP contribution in [0.2, 0.25) is 0 Å². The van der Waals surface area contributed by atoms with Crippen molar-refractivity contribution in [2.75, 3.05) is 38.5 Å². The minimum absolute atomic E-state index is 0.122. The number of methoxy groups -OCH3 is 2. The Morgan fingerprint density at radius 3 is 2.44 bits per heavy atom. The minimum atomic E-state index is -4.09. The molecular weight excluding hydrogens is 524 g/mol. The molecule has 0 unspecified atom stereocenters. The molecule has 0 amide bonds. The van der Waals surface area contributed by atoms with Gasteiger partial charge in [-0.15, -0.1) is 0 Å². The number of alkyl halides is 1. The lowest BCUT2D eigenvalue weighted by atomic mass is 9.98. The average molecular weight is 553 g/mol. The number of benzene rings is 2. The van der Waals surface area contributed by atoms with Gasteiger partial charge in [-0.2, -0.15) is 0 Å². The van der Waals surface area contributed by atoms with Gasteiger partial charge in [0.1, 0.15) is 6.73 Å². The van der Waals surface area contributed by atoms with Crippen LogP contribution in [0.25, 0.3) is 11.1 Å². The monoisotopic (exact) mass is 552 g/mol. The van der Waals surface area contributed by atoms with Gasteiger partial charge in [0, 0.05) is 30.7 Å². The maximum Gasteiger partial charge on any atom is 0.269 e. The number of rotatable bonds is 12. The molecule has 0 bridgehead atoms. The normalized spacial score (nSPS) is 11.7. The van der Waals surface area contributed by atoms with Crippen LogP contribution in [0.1, 0.15) is 22.4 Å². The lowest BCUT2D eigenvalue weighted by Gasteiger charge is -2.24. The highest BCUT2D eigenvalue weighted by Gasteiger charge is 2.32. The summed E-state index contributed by atoms with van der Waals surface area (Å²) in [4.78, 5) is 0.128. The summed E-state index contributed by atoms with van der Waals surface area (Å²) in [5.41, 5.74) is 4.52. The molecule has 10 heteroatoms. The van der Waals surface area contributed by atoms with Crippen LogP contribution in [0.15, 0.2) is 51.9 Å². The summed E-state index contributed by atoms with van der Waals surface area (Å²) in [6.07, 6.45) is 0. The van der Waals surface area contributed by atoms with Crippen molar-refractivity contribution in [2.24, 2.45) is 0 Å². The van der Waals surface area contributed by atoms with Gasteiger partial charge in [-0.05, 0) is 36.6 Å². The van der Waals surface area contributed by atoms with E-state index in [0.717, 1.165) is 21.0 Å². The number of anilines is 1. The van der Waals surface area contributed by atoms with E-state index in [1.54, 1.807) is 46.3 Å². The molecule has 3 rings (SSSR count). The standard InChI is InChI=1S/C24H29BrN2O6S/c1-17-18(2)26-33-24(17)27(16-32-12-11-30-3)34(28,29)23-8-6-5-7-22(23)21-10-9-19(14-25)13-20(21)15-31-4/h5-10,13H,11-12,14-16H2,1-4H3. The first-order valence-corrected chi connectivity index (χ1v) is 13.2. The van der Waals surface area contributed by atoms with Crippen molar-refractivity contribution in [3.05, 3.63) is 64.8 Å². The van der Waals surface area contributed by atoms with Crippen LogP contribution in [0, 0.1) is 13.8 Å². The van der Waals surface area contributed by atoms with Crippen LogP contribution in [0.3, 0.4) is 0 Å². The number of aryl methyl sites for hydroxylation is 1. The molecule has 0 aliphatic carbocycles. The summed E-state index contributed by atoms with van der Waals surface area (Å²) >= 11 is 3.48. The lowest BCUT2D eigenvalue weighted by Crippen LogP contribution is -2.34. The highest BCUT2D eigenvalue weighted by Crippen LogP contribution is 2.35. The zero-order valence-electron chi connectivity index (χ0n) is 19.7. The van der Waals surface area contributed by atoms with E-state index in [1.165, 1.54) is 0 Å². The summed E-state index contributed by atoms with van der Waals surface area (Å²) in [6, 6.07) is 12.8. The second kappa shape index (κ2) is 11.9. The van der Waals surface area contributed by atoms with E-state index in [4.69, 9.17) is 18.7 Å². The van der Waals surface area contributed by atoms with Crippen molar-refractivity contribution in [1.29, 1.82) is 0 Å². The summed E-state index contributed by atoms with van der Waals surface area (Å²) in [5.74, 6) is 0.122. The summed E-state index contributed by atoms with van der Waals surface area (Å²) < 4.78 is 50.6. The fourth-order valence-electron chi connectivity index (χ4n) is 3.46. The predicted octanol–water partition coefficient (Wildman–Crippen LogP) is 4.82. The summed E-state index contributed by atoms with van der Waals surface area (Å²) in [6.45, 7) is 4.18. The number of sulfonamides is 1. The van der Waals surface area contributed by atoms with Crippen LogP contribution >= 0.6 is 15.9 Å². The fraction of sp³-hybridized carbons (Fsp3) is 0.375. The molecule has 0 fully saturated rings. The molecule has 1 heterocycles. The van der Waals surface area contributed by atoms with Crippen molar-refractivity contribution in [1.82, 2.24) is 5.16 Å². The second-order valence-corrected chi connectivity index (χ2v) is 10.0. The van der Waals surface area contributed by atoms with E-state index < -0.39 is 10.0 Å². The van der Waals surface area contributed by atoms with Gasteiger partial charge in [0.2, 0.25) is 5.88 Å². The average Bonchev–Trinajstić information content (AvgIpc) is 3.17. The molecule has 0 radical (unpaired) electrons. The zero-order valence-corrected chi connectivity index (χ0v) is 22.1. The molecule has 184 valence electrons. The zero-order chi connectivity index (χ0) is 24.7. The first-order valence-electron chi connectivity index (χ1n) is 10.6. The smallest absolute Gasteiger partial charge is 0.269 e. The van der Waals surface area contributed by atoms with E-state index in [-0.39, 0.29) is 24.1 Å². The van der Waals surface area contributed by atoms with E-state index in [2.05, 4.69) is 21.1 Å². The van der Waals surface area contributed by atoms with Crippen LogP contribution in [-0.2, 0) is 36.2 Å². The van der Waals surface area contributed by atoms with Gasteiger partial charge < -0.3 is 18.7 Å². The number of hydrogen-bond donors (Lipinski definition) is 0. The van der Waals surface area contributed by atoms with Crippen molar-refractivity contribution in [3.8, 4) is 11.1 Å². The van der Waals surface area contributed by atoms with Crippen LogP contribution in [-0.4, -0.2) is 47.7 Å². The molecule has 3 aromatic rings. The largest absolute Gasteiger partial charge is 0.382 e. The number of aromatic nitrogens is 1. The predicted molar refractivity (Wildman–Crippen MR) is 134 cm³/mol. The highest BCUT2D eigenvalue weighted by atomic mass is 79.9. The van der Waals surface area contributed by atoms with Crippen molar-refractivity contribution < 1.29 is 27.2 Å². The van der Waals surface area contributed by atoms with E-state index >= 15 is 0 Å². The quantitative estimate of drug-likeness (QED) is 0.181. The van der Waals surface area contributed by atoms with Crippen LogP contribution in [0.5, 0.6) is 0 Å². The van der Waals surface area contributed by atoms with Crippen molar-refractivity contribution in [2.45, 2.75) is 30.7 Å². The number of nitrogens with zero attached hydrogens (tertiary/aromatic N) is 2. The van der Waals surface area contributed by atoms with E-state index in [0.29, 0.717) is 35.4 Å². The maximum absolute atomic E-state index is 14.0. The molecule has 34 heavy (non-hydrogen) atoms. The molecule has 0 atom stereocenters. The lowest BCUT2D eigenvalue weighted by molar-refractivity contribution is 0.0744. The molecule has 0 aliphatic rings. The first kappa shape index (κ1) is 26.4. The Balaban J connectivity index is 2.13. The Morgan fingerprint density at radius 2 is 1.79 bits per heavy atom. The molecule has 0 saturated heterocycles. The molecular formula is C24H29BrN2O6S. The molecule has 0 spiro atoms. The van der Waals surface area contributed by atoms with Gasteiger partial charge in [-0.1, -0.05) is 57.5 Å². The molecule has 1 aromatic heterocycles. The highest BCUT2D eigenvalue weighted by molar-refractivity contribution is 9.08. The van der Waals surface area contributed by atoms with Gasteiger partial charge in [0.15, 0.2) is 0 Å². The Hall–Kier alpha value is -2.24. The molecule has 2 aromatic carbocycles. The Kier molecular flexibility index (Phi) is 9.26. The van der Waals surface area contributed by atoms with Crippen molar-refractivity contribution >= 4 is 31.8 Å². The minimum Gasteiger partial charge on any atom is -0.382 e. The Morgan fingerprint density at radius 1 is 1.03 bits per heavy atom. The first-order chi connectivity index (χ1) is 16.3. The van der Waals surface area contributed by atoms with Gasteiger partial charge in [0.25, 0.3) is 10.0 Å². The van der Waals surface area contributed by atoms with Crippen LogP contribution in [0.4, 0.5) is 5.88 Å². The van der Waals surface area contributed by atoms with Crippen LogP contribution < -0.4 is 4.31 Å². The number of ether oxygens (including phenoxy) is 3. The SMILES string of the molecule is COCCOCN(c1onc(C)c1C)S(=O)(=O)c1ccccc1-c1ccc(CBr)cc1COC. The molecule has 0 N–H and O–H groups in total. The van der Waals surface area contributed by atoms with Crippen molar-refractivity contribution in [3.63, 3.8) is 0 Å². The summed E-state index contributed by atoms with van der Waals surface area (Å²) in [5, 5.41) is 4.63. The number of hydrogen-bond acceptors (Lipinski definition) is 7. The van der Waals surface area contributed by atoms with Gasteiger partial charge in [-0.3, -0.25) is 0 Å². The maximum atomic E-state index is 14.0. The third-order valence-corrected chi connectivity index (χ3v) is 7.78.